The van der Waals surface area contributed by atoms with Crippen molar-refractivity contribution in [3.8, 4) is 0 Å². The number of nitrogens with one attached hydrogen (secondary N) is 3. The number of imidazole rings is 1. The standard InChI is InChI=1S/C24H23ClN6O2/c1-13-16(24(33)31-10-9-26-21(32)12-31)4-5-17-18(7-8-27-22(13)17)28-14(2)23-29-19-6-3-15(25)11-20(19)30-23/h3-8,11,14H,9-10,12H2,1-2H3,(H,26,32)(H,27,28)(H,29,30). The Morgan fingerprint density at radius 3 is 2.91 bits per heavy atom. The molecule has 0 bridgehead atoms. The maximum Gasteiger partial charge on any atom is 0.254 e. The van der Waals surface area contributed by atoms with Gasteiger partial charge in [0.2, 0.25) is 5.91 Å². The van der Waals surface area contributed by atoms with Crippen LogP contribution in [0.4, 0.5) is 5.69 Å². The molecule has 0 radical (unpaired) electrons. The number of pyridine rings is 1. The van der Waals surface area contributed by atoms with Gasteiger partial charge in [0.15, 0.2) is 0 Å². The van der Waals surface area contributed by atoms with E-state index in [1.807, 2.05) is 50.2 Å². The number of aromatic amines is 1. The maximum atomic E-state index is 13.0. The number of nitrogens with zero attached hydrogens (tertiary/aromatic N) is 3. The zero-order chi connectivity index (χ0) is 23.1. The van der Waals surface area contributed by atoms with E-state index in [4.69, 9.17) is 11.6 Å². The third-order valence-corrected chi connectivity index (χ3v) is 6.20. The summed E-state index contributed by atoms with van der Waals surface area (Å²) < 4.78 is 0. The van der Waals surface area contributed by atoms with Gasteiger partial charge in [-0.25, -0.2) is 4.98 Å². The Bertz CT molecular complexity index is 1400. The van der Waals surface area contributed by atoms with Gasteiger partial charge in [-0.1, -0.05) is 11.6 Å². The van der Waals surface area contributed by atoms with E-state index in [2.05, 4.69) is 25.6 Å². The Labute approximate surface area is 195 Å². The van der Waals surface area contributed by atoms with Crippen LogP contribution in [0.5, 0.6) is 0 Å². The van der Waals surface area contributed by atoms with Crippen molar-refractivity contribution in [3.63, 3.8) is 0 Å². The number of fused-ring (bicyclic) bond motifs is 2. The Balaban J connectivity index is 1.44. The molecule has 3 heterocycles. The minimum Gasteiger partial charge on any atom is -0.375 e. The van der Waals surface area contributed by atoms with Crippen molar-refractivity contribution in [3.05, 3.63) is 64.6 Å². The molecule has 2 amide bonds. The molecule has 1 unspecified atom stereocenters. The van der Waals surface area contributed by atoms with Crippen molar-refractivity contribution in [2.45, 2.75) is 19.9 Å². The van der Waals surface area contributed by atoms with E-state index in [0.717, 1.165) is 39.0 Å². The summed E-state index contributed by atoms with van der Waals surface area (Å²) in [4.78, 5) is 38.9. The van der Waals surface area contributed by atoms with Crippen LogP contribution in [0, 0.1) is 6.92 Å². The van der Waals surface area contributed by atoms with Crippen molar-refractivity contribution in [2.75, 3.05) is 25.0 Å². The van der Waals surface area contributed by atoms with E-state index in [0.29, 0.717) is 23.7 Å². The molecule has 33 heavy (non-hydrogen) atoms. The average Bonchev–Trinajstić information content (AvgIpc) is 3.23. The summed E-state index contributed by atoms with van der Waals surface area (Å²) in [6.07, 6.45) is 1.73. The second kappa shape index (κ2) is 8.37. The smallest absolute Gasteiger partial charge is 0.254 e. The number of piperazine rings is 1. The van der Waals surface area contributed by atoms with E-state index in [1.165, 1.54) is 0 Å². The summed E-state index contributed by atoms with van der Waals surface area (Å²) in [5.74, 6) is 0.502. The molecule has 3 N–H and O–H groups in total. The lowest BCUT2D eigenvalue weighted by atomic mass is 10.0. The Morgan fingerprint density at radius 1 is 1.24 bits per heavy atom. The number of benzene rings is 2. The topological polar surface area (TPSA) is 103 Å². The number of hydrogen-bond acceptors (Lipinski definition) is 5. The molecule has 0 spiro atoms. The van der Waals surface area contributed by atoms with Crippen LogP contribution in [-0.4, -0.2) is 51.3 Å². The van der Waals surface area contributed by atoms with Gasteiger partial charge in [0.25, 0.3) is 5.91 Å². The first-order chi connectivity index (χ1) is 15.9. The lowest BCUT2D eigenvalue weighted by Crippen LogP contribution is -2.50. The zero-order valence-corrected chi connectivity index (χ0v) is 19.0. The number of aromatic nitrogens is 3. The Morgan fingerprint density at radius 2 is 2.09 bits per heavy atom. The monoisotopic (exact) mass is 462 g/mol. The highest BCUT2D eigenvalue weighted by Gasteiger charge is 2.24. The largest absolute Gasteiger partial charge is 0.375 e. The molecule has 4 aromatic rings. The lowest BCUT2D eigenvalue weighted by Gasteiger charge is -2.27. The number of anilines is 1. The number of carbonyl (C=O) groups excluding carboxylic acids is 2. The number of H-pyrrole nitrogens is 1. The predicted molar refractivity (Wildman–Crippen MR) is 129 cm³/mol. The average molecular weight is 463 g/mol. The third-order valence-electron chi connectivity index (χ3n) is 5.97. The van der Waals surface area contributed by atoms with E-state index in [-0.39, 0.29) is 24.4 Å². The number of halogens is 1. The highest BCUT2D eigenvalue weighted by Crippen LogP contribution is 2.30. The fourth-order valence-corrected chi connectivity index (χ4v) is 4.37. The molecule has 0 saturated carbocycles. The van der Waals surface area contributed by atoms with E-state index in [1.54, 1.807) is 11.1 Å². The zero-order valence-electron chi connectivity index (χ0n) is 18.3. The minimum atomic E-state index is -0.154. The van der Waals surface area contributed by atoms with Gasteiger partial charge in [0.1, 0.15) is 5.82 Å². The normalized spacial score (nSPS) is 15.0. The van der Waals surface area contributed by atoms with Crippen molar-refractivity contribution < 1.29 is 9.59 Å². The van der Waals surface area contributed by atoms with Crippen molar-refractivity contribution in [1.29, 1.82) is 0 Å². The molecular weight excluding hydrogens is 440 g/mol. The van der Waals surface area contributed by atoms with Crippen molar-refractivity contribution >= 4 is 51.0 Å². The molecule has 1 saturated heterocycles. The third kappa shape index (κ3) is 3.98. The first-order valence-corrected chi connectivity index (χ1v) is 11.1. The predicted octanol–water partition coefficient (Wildman–Crippen LogP) is 3.82. The molecule has 2 aromatic heterocycles. The van der Waals surface area contributed by atoms with Gasteiger partial charge in [-0.15, -0.1) is 0 Å². The van der Waals surface area contributed by atoms with Crippen LogP contribution in [0.15, 0.2) is 42.6 Å². The van der Waals surface area contributed by atoms with Gasteiger partial charge in [-0.2, -0.15) is 0 Å². The van der Waals surface area contributed by atoms with Gasteiger partial charge >= 0.3 is 0 Å². The highest BCUT2D eigenvalue weighted by atomic mass is 35.5. The van der Waals surface area contributed by atoms with Crippen molar-refractivity contribution in [1.82, 2.24) is 25.2 Å². The van der Waals surface area contributed by atoms with Crippen LogP contribution in [0.1, 0.15) is 34.7 Å². The van der Waals surface area contributed by atoms with Crippen LogP contribution in [-0.2, 0) is 4.79 Å². The van der Waals surface area contributed by atoms with Gasteiger partial charge in [0.05, 0.1) is 29.1 Å². The number of hydrogen-bond donors (Lipinski definition) is 3. The summed E-state index contributed by atoms with van der Waals surface area (Å²) in [6.45, 7) is 4.96. The first kappa shape index (κ1) is 21.2. The van der Waals surface area contributed by atoms with E-state index >= 15 is 0 Å². The van der Waals surface area contributed by atoms with Crippen LogP contribution in [0.25, 0.3) is 21.9 Å². The molecule has 2 aromatic carbocycles. The number of aryl methyl sites for hydroxylation is 1. The summed E-state index contributed by atoms with van der Waals surface area (Å²) in [7, 11) is 0. The summed E-state index contributed by atoms with van der Waals surface area (Å²) in [6, 6.07) is 11.1. The molecule has 1 aliphatic heterocycles. The fraction of sp³-hybridized carbons (Fsp3) is 0.250. The van der Waals surface area contributed by atoms with Gasteiger partial charge in [-0.3, -0.25) is 14.6 Å². The maximum absolute atomic E-state index is 13.0. The molecule has 8 nitrogen and oxygen atoms in total. The second-order valence-corrected chi connectivity index (χ2v) is 8.66. The molecule has 1 fully saturated rings. The summed E-state index contributed by atoms with van der Waals surface area (Å²) in [5.41, 5.74) is 4.73. The van der Waals surface area contributed by atoms with E-state index < -0.39 is 0 Å². The number of amides is 2. The Kier molecular flexibility index (Phi) is 5.38. The highest BCUT2D eigenvalue weighted by molar-refractivity contribution is 6.31. The van der Waals surface area contributed by atoms with Crippen LogP contribution in [0.3, 0.4) is 0 Å². The lowest BCUT2D eigenvalue weighted by molar-refractivity contribution is -0.123. The van der Waals surface area contributed by atoms with Crippen LogP contribution >= 0.6 is 11.6 Å². The number of rotatable bonds is 4. The van der Waals surface area contributed by atoms with Crippen LogP contribution in [0.2, 0.25) is 5.02 Å². The Hall–Kier alpha value is -3.65. The second-order valence-electron chi connectivity index (χ2n) is 8.22. The number of carbonyl (C=O) groups is 2. The van der Waals surface area contributed by atoms with Crippen LogP contribution < -0.4 is 10.6 Å². The van der Waals surface area contributed by atoms with Gasteiger partial charge in [-0.05, 0) is 55.8 Å². The minimum absolute atomic E-state index is 0.0750. The molecular formula is C24H23ClN6O2. The molecule has 168 valence electrons. The van der Waals surface area contributed by atoms with Gasteiger partial charge in [0, 0.05) is 40.9 Å². The first-order valence-electron chi connectivity index (χ1n) is 10.8. The van der Waals surface area contributed by atoms with E-state index in [9.17, 15) is 9.59 Å². The molecule has 0 aliphatic carbocycles. The summed E-state index contributed by atoms with van der Waals surface area (Å²) >= 11 is 6.09. The SMILES string of the molecule is Cc1c(C(=O)N2CCNC(=O)C2)ccc2c(NC(C)c3nc4cc(Cl)ccc4[nH]3)ccnc12. The molecule has 1 atom stereocenters. The molecule has 9 heteroatoms. The fourth-order valence-electron chi connectivity index (χ4n) is 4.21. The van der Waals surface area contributed by atoms with Gasteiger partial charge < -0.3 is 20.5 Å². The molecule has 1 aliphatic rings. The quantitative estimate of drug-likeness (QED) is 0.428. The summed E-state index contributed by atoms with van der Waals surface area (Å²) in [5, 5.41) is 7.81. The molecule has 5 rings (SSSR count). The van der Waals surface area contributed by atoms with Crippen molar-refractivity contribution in [2.24, 2.45) is 0 Å².